The molecule has 4 heterocycles. The van der Waals surface area contributed by atoms with Gasteiger partial charge in [-0.2, -0.15) is 4.40 Å². The summed E-state index contributed by atoms with van der Waals surface area (Å²) in [6.45, 7) is 9.96. The maximum absolute atomic E-state index is 3.63. The first kappa shape index (κ1) is 32.3. The van der Waals surface area contributed by atoms with Gasteiger partial charge in [0.05, 0.1) is 11.4 Å². The smallest absolute Gasteiger partial charge is 0.218 e. The zero-order valence-electron chi connectivity index (χ0n) is 30.6. The number of rotatable bonds is 9. The van der Waals surface area contributed by atoms with E-state index in [0.717, 1.165) is 13.0 Å². The highest BCUT2D eigenvalue weighted by atomic mass is 15.2. The largest absolute Gasteiger partial charge is 0.385 e. The van der Waals surface area contributed by atoms with Gasteiger partial charge >= 0.3 is 0 Å². The molecule has 0 fully saturated rings. The standard InChI is InChI=1S/C49H46N3/c1-5-7-23-45(50-6-2)39-19-12-11-18-38(39)33(4)32(3)27-37-28-36-29-48-44(42-22-15-21-41-40-20-13-14-24-47(40)52(48)49(41)42)30-43(36)46-26-25-35(31-51(37)46)34-16-9-8-10-17-34/h5,7-26,28-33,42,49-50H,6,27H2,1-4H3/q+1/b7-5-,45-23-/t32?,33-,42?,49?/m0/s1. The molecule has 0 saturated carbocycles. The number of aromatic nitrogens is 1. The lowest BCUT2D eigenvalue weighted by Crippen LogP contribution is -2.30. The van der Waals surface area contributed by atoms with E-state index in [2.05, 4.69) is 194 Å². The molecule has 256 valence electrons. The van der Waals surface area contributed by atoms with Gasteiger partial charge in [0.1, 0.15) is 0 Å². The summed E-state index contributed by atoms with van der Waals surface area (Å²) >= 11 is 0. The number of hydrogen-bond donors (Lipinski definition) is 1. The number of allylic oxidation sites excluding steroid dienone is 5. The van der Waals surface area contributed by atoms with E-state index in [-0.39, 0.29) is 0 Å². The molecule has 4 atom stereocenters. The third-order valence-corrected chi connectivity index (χ3v) is 11.7. The van der Waals surface area contributed by atoms with Crippen molar-refractivity contribution >= 4 is 38.9 Å². The zero-order chi connectivity index (χ0) is 35.3. The topological polar surface area (TPSA) is 19.4 Å². The molecule has 6 aromatic rings. The SMILES string of the molecule is C/C=C\C=C(/NCC)c1ccccc1[C@@H](C)C(C)Cc1cc2cc3c(cc2c2ccc(-c4ccccc4)c[n+]12)C1C=CC=C2c4ccccc4N3C21. The molecule has 0 spiro atoms. The lowest BCUT2D eigenvalue weighted by Gasteiger charge is -2.24. The summed E-state index contributed by atoms with van der Waals surface area (Å²) in [6.07, 6.45) is 16.8. The monoisotopic (exact) mass is 676 g/mol. The van der Waals surface area contributed by atoms with Gasteiger partial charge in [-0.3, -0.25) is 0 Å². The number of hydrogen-bond acceptors (Lipinski definition) is 2. The average molecular weight is 677 g/mol. The molecule has 1 aliphatic carbocycles. The number of para-hydroxylation sites is 1. The van der Waals surface area contributed by atoms with E-state index in [9.17, 15) is 0 Å². The van der Waals surface area contributed by atoms with Crippen molar-refractivity contribution in [3.63, 3.8) is 0 Å². The van der Waals surface area contributed by atoms with Crippen molar-refractivity contribution in [3.05, 3.63) is 180 Å². The summed E-state index contributed by atoms with van der Waals surface area (Å²) in [6, 6.07) is 41.2. The highest BCUT2D eigenvalue weighted by Gasteiger charge is 2.47. The number of anilines is 2. The van der Waals surface area contributed by atoms with Crippen molar-refractivity contribution in [2.75, 3.05) is 11.4 Å². The van der Waals surface area contributed by atoms with Crippen molar-refractivity contribution in [2.24, 2.45) is 5.92 Å². The second-order valence-electron chi connectivity index (χ2n) is 14.7. The van der Waals surface area contributed by atoms with Gasteiger partial charge in [0.2, 0.25) is 5.52 Å². The first-order valence-corrected chi connectivity index (χ1v) is 19.0. The van der Waals surface area contributed by atoms with E-state index >= 15 is 0 Å². The van der Waals surface area contributed by atoms with E-state index in [1.807, 2.05) is 0 Å². The fourth-order valence-corrected chi connectivity index (χ4v) is 9.04. The van der Waals surface area contributed by atoms with Crippen molar-refractivity contribution in [1.82, 2.24) is 5.32 Å². The van der Waals surface area contributed by atoms with Crippen molar-refractivity contribution in [1.29, 1.82) is 0 Å². The Morgan fingerprint density at radius 2 is 1.67 bits per heavy atom. The van der Waals surface area contributed by atoms with Gasteiger partial charge in [-0.15, -0.1) is 0 Å². The minimum atomic E-state index is 0.326. The van der Waals surface area contributed by atoms with Gasteiger partial charge in [0.25, 0.3) is 0 Å². The van der Waals surface area contributed by atoms with Crippen LogP contribution in [0.3, 0.4) is 0 Å². The minimum absolute atomic E-state index is 0.326. The van der Waals surface area contributed by atoms with Crippen molar-refractivity contribution < 1.29 is 4.40 Å². The van der Waals surface area contributed by atoms with Gasteiger partial charge in [-0.25, -0.2) is 0 Å². The van der Waals surface area contributed by atoms with Crippen molar-refractivity contribution in [2.45, 2.75) is 52.0 Å². The first-order chi connectivity index (χ1) is 25.6. The Balaban J connectivity index is 1.18. The predicted octanol–water partition coefficient (Wildman–Crippen LogP) is 11.3. The van der Waals surface area contributed by atoms with E-state index in [1.165, 1.54) is 78.0 Å². The number of nitrogens with zero attached hydrogens (tertiary/aromatic N) is 2. The van der Waals surface area contributed by atoms with Crippen LogP contribution in [0, 0.1) is 5.92 Å². The minimum Gasteiger partial charge on any atom is -0.385 e. The molecule has 0 saturated heterocycles. The third kappa shape index (κ3) is 5.22. The maximum Gasteiger partial charge on any atom is 0.218 e. The van der Waals surface area contributed by atoms with E-state index in [0.29, 0.717) is 23.8 Å². The molecular formula is C49H46N3+. The summed E-state index contributed by atoms with van der Waals surface area (Å²) in [4.78, 5) is 2.62. The van der Waals surface area contributed by atoms with Gasteiger partial charge in [-0.05, 0) is 83.7 Å². The van der Waals surface area contributed by atoms with E-state index in [4.69, 9.17) is 0 Å². The lowest BCUT2D eigenvalue weighted by atomic mass is 9.82. The molecule has 3 nitrogen and oxygen atoms in total. The van der Waals surface area contributed by atoms with E-state index in [1.54, 1.807) is 0 Å². The number of pyridine rings is 2. The summed E-state index contributed by atoms with van der Waals surface area (Å²) < 4.78 is 2.50. The molecule has 0 radical (unpaired) electrons. The maximum atomic E-state index is 3.63. The Labute approximate surface area is 308 Å². The highest BCUT2D eigenvalue weighted by molar-refractivity contribution is 6.03. The second kappa shape index (κ2) is 13.1. The molecule has 3 unspecified atom stereocenters. The van der Waals surface area contributed by atoms with Crippen LogP contribution >= 0.6 is 0 Å². The molecule has 1 N–H and O–H groups in total. The predicted molar refractivity (Wildman–Crippen MR) is 219 cm³/mol. The third-order valence-electron chi connectivity index (χ3n) is 11.7. The van der Waals surface area contributed by atoms with Crippen LogP contribution in [-0.2, 0) is 6.42 Å². The molecule has 9 rings (SSSR count). The Morgan fingerprint density at radius 3 is 2.52 bits per heavy atom. The van der Waals surface area contributed by atoms with Gasteiger partial charge in [0, 0.05) is 64.8 Å². The molecule has 0 bridgehead atoms. The van der Waals surface area contributed by atoms with Crippen LogP contribution in [0.4, 0.5) is 11.4 Å². The van der Waals surface area contributed by atoms with Crippen LogP contribution in [-0.4, -0.2) is 12.6 Å². The average Bonchev–Trinajstić information content (AvgIpc) is 3.70. The van der Waals surface area contributed by atoms with Crippen LogP contribution in [0.25, 0.3) is 38.7 Å². The first-order valence-electron chi connectivity index (χ1n) is 19.0. The molecule has 2 aliphatic heterocycles. The van der Waals surface area contributed by atoms with Crippen LogP contribution in [0.15, 0.2) is 152 Å². The Kier molecular flexibility index (Phi) is 8.15. The zero-order valence-corrected chi connectivity index (χ0v) is 30.6. The Morgan fingerprint density at radius 1 is 0.865 bits per heavy atom. The molecule has 52 heavy (non-hydrogen) atoms. The normalized spacial score (nSPS) is 18.4. The molecule has 2 aromatic heterocycles. The molecule has 3 aliphatic rings. The highest BCUT2D eigenvalue weighted by Crippen LogP contribution is 2.58. The quantitative estimate of drug-likeness (QED) is 0.0934. The van der Waals surface area contributed by atoms with Crippen LogP contribution in [0.1, 0.15) is 67.5 Å². The molecule has 0 amide bonds. The summed E-state index contributed by atoms with van der Waals surface area (Å²) in [5, 5.41) is 6.26. The van der Waals surface area contributed by atoms with Crippen LogP contribution < -0.4 is 14.6 Å². The Bertz CT molecular complexity index is 2460. The molecule has 3 heteroatoms. The second-order valence-corrected chi connectivity index (χ2v) is 14.7. The van der Waals surface area contributed by atoms with E-state index < -0.39 is 0 Å². The number of benzene rings is 4. The summed E-state index contributed by atoms with van der Waals surface area (Å²) in [5.41, 5.74) is 15.8. The van der Waals surface area contributed by atoms with Gasteiger partial charge in [-0.1, -0.05) is 117 Å². The van der Waals surface area contributed by atoms with Crippen LogP contribution in [0.5, 0.6) is 0 Å². The fourth-order valence-electron chi connectivity index (χ4n) is 9.04. The molecule has 4 aromatic carbocycles. The fraction of sp³-hybridized carbons (Fsp3) is 0.204. The van der Waals surface area contributed by atoms with Crippen molar-refractivity contribution in [3.8, 4) is 11.1 Å². The van der Waals surface area contributed by atoms with Gasteiger partial charge < -0.3 is 10.2 Å². The number of fused-ring (bicyclic) bond motifs is 9. The van der Waals surface area contributed by atoms with Gasteiger partial charge in [0.15, 0.2) is 11.9 Å². The summed E-state index contributed by atoms with van der Waals surface area (Å²) in [7, 11) is 0. The Hall–Kier alpha value is -5.67. The summed E-state index contributed by atoms with van der Waals surface area (Å²) in [5.74, 6) is 1.07. The van der Waals surface area contributed by atoms with Crippen LogP contribution in [0.2, 0.25) is 0 Å². The lowest BCUT2D eigenvalue weighted by molar-refractivity contribution is -0.520. The molecular weight excluding hydrogens is 631 g/mol. The number of nitrogens with one attached hydrogen (secondary N) is 1.